The number of benzene rings is 2. The Kier molecular flexibility index (Phi) is 5.74. The van der Waals surface area contributed by atoms with Gasteiger partial charge in [-0.3, -0.25) is 4.31 Å². The van der Waals surface area contributed by atoms with Crippen LogP contribution in [0.5, 0.6) is 0 Å². The largest absolute Gasteiger partial charge is 0.386 e. The first kappa shape index (κ1) is 20.0. The van der Waals surface area contributed by atoms with Gasteiger partial charge in [0, 0.05) is 6.04 Å². The quantitative estimate of drug-likeness (QED) is 0.780. The van der Waals surface area contributed by atoms with Crippen LogP contribution in [-0.4, -0.2) is 19.6 Å². The van der Waals surface area contributed by atoms with Gasteiger partial charge in [-0.2, -0.15) is 0 Å². The number of sulfonamides is 1. The van der Waals surface area contributed by atoms with Crippen LogP contribution in [-0.2, 0) is 15.6 Å². The molecule has 7 heteroatoms. The number of nitrogens with zero attached hydrogens (tertiary/aromatic N) is 1. The normalized spacial score (nSPS) is 12.5. The van der Waals surface area contributed by atoms with Crippen molar-refractivity contribution in [1.82, 2.24) is 0 Å². The fraction of sp³-hybridized carbons (Fsp3) is 0.333. The Bertz CT molecular complexity index is 874. The molecule has 25 heavy (non-hydrogen) atoms. The molecule has 0 aliphatic carbocycles. The van der Waals surface area contributed by atoms with Gasteiger partial charge in [0.1, 0.15) is 4.90 Å². The molecule has 1 N–H and O–H groups in total. The molecule has 2 rings (SSSR count). The molecule has 0 heterocycles. The molecule has 0 spiro atoms. The average Bonchev–Trinajstić information content (AvgIpc) is 2.47. The molecule has 136 valence electrons. The molecule has 0 fully saturated rings. The van der Waals surface area contributed by atoms with Crippen LogP contribution in [0, 0.1) is 0 Å². The fourth-order valence-corrected chi connectivity index (χ4v) is 5.01. The van der Waals surface area contributed by atoms with E-state index >= 15 is 0 Å². The van der Waals surface area contributed by atoms with Gasteiger partial charge in [-0.15, -0.1) is 0 Å². The summed E-state index contributed by atoms with van der Waals surface area (Å²) < 4.78 is 27.6. The SMILES string of the molecule is CC(C)N(c1ccc(C(C)(C)O)cc1Cl)S(=O)(=O)c1ccccc1Cl. The highest BCUT2D eigenvalue weighted by molar-refractivity contribution is 7.93. The van der Waals surface area contributed by atoms with Crippen molar-refractivity contribution in [3.05, 3.63) is 58.1 Å². The Hall–Kier alpha value is -1.27. The van der Waals surface area contributed by atoms with E-state index in [0.29, 0.717) is 11.3 Å². The predicted molar refractivity (Wildman–Crippen MR) is 103 cm³/mol. The molecular weight excluding hydrogens is 381 g/mol. The second-order valence-electron chi connectivity index (χ2n) is 6.55. The van der Waals surface area contributed by atoms with Crippen molar-refractivity contribution in [2.75, 3.05) is 4.31 Å². The lowest BCUT2D eigenvalue weighted by molar-refractivity contribution is 0.0786. The van der Waals surface area contributed by atoms with Gasteiger partial charge < -0.3 is 5.11 Å². The molecule has 0 amide bonds. The summed E-state index contributed by atoms with van der Waals surface area (Å²) in [5, 5.41) is 10.5. The number of anilines is 1. The van der Waals surface area contributed by atoms with E-state index in [9.17, 15) is 13.5 Å². The van der Waals surface area contributed by atoms with Crippen LogP contribution < -0.4 is 4.31 Å². The summed E-state index contributed by atoms with van der Waals surface area (Å²) in [6.45, 7) is 6.79. The summed E-state index contributed by atoms with van der Waals surface area (Å²) >= 11 is 12.5. The van der Waals surface area contributed by atoms with Crippen LogP contribution in [0.15, 0.2) is 47.4 Å². The van der Waals surface area contributed by atoms with Crippen molar-refractivity contribution < 1.29 is 13.5 Å². The van der Waals surface area contributed by atoms with E-state index in [1.54, 1.807) is 58.0 Å². The number of halogens is 2. The van der Waals surface area contributed by atoms with Gasteiger partial charge in [-0.1, -0.05) is 41.4 Å². The highest BCUT2D eigenvalue weighted by Gasteiger charge is 2.31. The molecule has 2 aromatic carbocycles. The Balaban J connectivity index is 2.62. The maximum absolute atomic E-state index is 13.2. The Labute approximate surface area is 159 Å². The summed E-state index contributed by atoms with van der Waals surface area (Å²) in [6, 6.07) is 10.8. The van der Waals surface area contributed by atoms with E-state index in [0.717, 1.165) is 0 Å². The van der Waals surface area contributed by atoms with Crippen molar-refractivity contribution in [1.29, 1.82) is 0 Å². The molecule has 0 saturated heterocycles. The minimum absolute atomic E-state index is 0.0213. The monoisotopic (exact) mass is 401 g/mol. The maximum Gasteiger partial charge on any atom is 0.266 e. The lowest BCUT2D eigenvalue weighted by Gasteiger charge is -2.30. The van der Waals surface area contributed by atoms with E-state index in [4.69, 9.17) is 23.2 Å². The standard InChI is InChI=1S/C18H21Cl2NO3S/c1-12(2)21(25(23,24)17-8-6-5-7-14(17)19)16-10-9-13(11-15(16)20)18(3,4)22/h5-12,22H,1-4H3. The van der Waals surface area contributed by atoms with E-state index in [1.807, 2.05) is 0 Å². The minimum Gasteiger partial charge on any atom is -0.386 e. The molecule has 0 atom stereocenters. The van der Waals surface area contributed by atoms with Crippen molar-refractivity contribution in [3.8, 4) is 0 Å². The highest BCUT2D eigenvalue weighted by Crippen LogP contribution is 2.36. The van der Waals surface area contributed by atoms with Crippen molar-refractivity contribution in [2.24, 2.45) is 0 Å². The third-order valence-corrected chi connectivity index (χ3v) is 6.53. The molecule has 4 nitrogen and oxygen atoms in total. The second-order valence-corrected chi connectivity index (χ2v) is 9.15. The zero-order chi connectivity index (χ0) is 19.0. The van der Waals surface area contributed by atoms with Crippen LogP contribution in [0.25, 0.3) is 0 Å². The van der Waals surface area contributed by atoms with Crippen LogP contribution in [0.3, 0.4) is 0 Å². The van der Waals surface area contributed by atoms with Crippen molar-refractivity contribution in [3.63, 3.8) is 0 Å². The first-order valence-electron chi connectivity index (χ1n) is 7.77. The molecule has 0 unspecified atom stereocenters. The minimum atomic E-state index is -3.90. The lowest BCUT2D eigenvalue weighted by atomic mass is 9.98. The second kappa shape index (κ2) is 7.16. The van der Waals surface area contributed by atoms with Gasteiger partial charge in [0.2, 0.25) is 0 Å². The lowest BCUT2D eigenvalue weighted by Crippen LogP contribution is -2.37. The summed E-state index contributed by atoms with van der Waals surface area (Å²) in [5.74, 6) is 0. The van der Waals surface area contributed by atoms with Crippen LogP contribution >= 0.6 is 23.2 Å². The van der Waals surface area contributed by atoms with Crippen molar-refractivity contribution >= 4 is 38.9 Å². The number of hydrogen-bond donors (Lipinski definition) is 1. The van der Waals surface area contributed by atoms with Gasteiger partial charge in [-0.05, 0) is 57.5 Å². The predicted octanol–water partition coefficient (Wildman–Crippen LogP) is 4.82. The molecule has 0 aliphatic rings. The van der Waals surface area contributed by atoms with Gasteiger partial charge in [0.15, 0.2) is 0 Å². The van der Waals surface area contributed by atoms with Crippen LogP contribution in [0.1, 0.15) is 33.3 Å². The topological polar surface area (TPSA) is 57.6 Å². The molecule has 0 radical (unpaired) electrons. The Morgan fingerprint density at radius 3 is 2.12 bits per heavy atom. The zero-order valence-electron chi connectivity index (χ0n) is 14.5. The summed E-state index contributed by atoms with van der Waals surface area (Å²) in [6.07, 6.45) is 0. The fourth-order valence-electron chi connectivity index (χ4n) is 2.51. The van der Waals surface area contributed by atoms with E-state index < -0.39 is 15.6 Å². The number of rotatable bonds is 5. The third kappa shape index (κ3) is 4.11. The van der Waals surface area contributed by atoms with Crippen molar-refractivity contribution in [2.45, 2.75) is 44.2 Å². The highest BCUT2D eigenvalue weighted by atomic mass is 35.5. The zero-order valence-corrected chi connectivity index (χ0v) is 16.8. The molecule has 0 bridgehead atoms. The van der Waals surface area contributed by atoms with Gasteiger partial charge >= 0.3 is 0 Å². The average molecular weight is 402 g/mol. The smallest absolute Gasteiger partial charge is 0.266 e. The first-order chi connectivity index (χ1) is 11.5. The maximum atomic E-state index is 13.2. The molecular formula is C18H21Cl2NO3S. The Morgan fingerprint density at radius 1 is 1.04 bits per heavy atom. The third-order valence-electron chi connectivity index (χ3n) is 3.73. The van der Waals surface area contributed by atoms with Crippen LogP contribution in [0.4, 0.5) is 5.69 Å². The summed E-state index contributed by atoms with van der Waals surface area (Å²) in [4.78, 5) is 0.0213. The van der Waals surface area contributed by atoms with E-state index in [-0.39, 0.29) is 21.0 Å². The molecule has 0 saturated carbocycles. The first-order valence-corrected chi connectivity index (χ1v) is 9.97. The summed E-state index contributed by atoms with van der Waals surface area (Å²) in [7, 11) is -3.90. The molecule has 0 aromatic heterocycles. The van der Waals surface area contributed by atoms with Gasteiger partial charge in [-0.25, -0.2) is 8.42 Å². The van der Waals surface area contributed by atoms with Gasteiger partial charge in [0.25, 0.3) is 10.0 Å². The van der Waals surface area contributed by atoms with E-state index in [1.165, 1.54) is 16.4 Å². The van der Waals surface area contributed by atoms with E-state index in [2.05, 4.69) is 0 Å². The summed E-state index contributed by atoms with van der Waals surface area (Å²) in [5.41, 5.74) is -0.142. The Morgan fingerprint density at radius 2 is 1.64 bits per heavy atom. The number of aliphatic hydroxyl groups is 1. The molecule has 2 aromatic rings. The molecule has 0 aliphatic heterocycles. The van der Waals surface area contributed by atoms with Crippen LogP contribution in [0.2, 0.25) is 10.0 Å². The van der Waals surface area contributed by atoms with Gasteiger partial charge in [0.05, 0.1) is 21.3 Å². The number of hydrogen-bond acceptors (Lipinski definition) is 3.